The van der Waals surface area contributed by atoms with Crippen LogP contribution in [0.25, 0.3) is 5.57 Å². The zero-order chi connectivity index (χ0) is 26.9. The smallest absolute Gasteiger partial charge is 0.158 e. The van der Waals surface area contributed by atoms with E-state index in [1.54, 1.807) is 14.2 Å². The van der Waals surface area contributed by atoms with Gasteiger partial charge in [-0.15, -0.1) is 0 Å². The fourth-order valence-corrected chi connectivity index (χ4v) is 7.54. The molecule has 0 radical (unpaired) electrons. The summed E-state index contributed by atoms with van der Waals surface area (Å²) in [6.07, 6.45) is 17.8. The highest BCUT2D eigenvalue weighted by atomic mass is 19.2. The van der Waals surface area contributed by atoms with Crippen molar-refractivity contribution in [3.63, 3.8) is 0 Å². The summed E-state index contributed by atoms with van der Waals surface area (Å²) in [5.41, 5.74) is 2.19. The van der Waals surface area contributed by atoms with Crippen molar-refractivity contribution >= 4 is 5.57 Å². The molecule has 38 heavy (non-hydrogen) atoms. The van der Waals surface area contributed by atoms with Crippen LogP contribution in [0.2, 0.25) is 0 Å². The Morgan fingerprint density at radius 3 is 1.97 bits per heavy atom. The number of unbranched alkanes of at least 4 members (excludes halogenated alkanes) is 2. The molecule has 1 aromatic carbocycles. The molecule has 0 spiro atoms. The molecule has 212 valence electrons. The normalized spacial score (nSPS) is 30.3. The van der Waals surface area contributed by atoms with E-state index in [2.05, 4.69) is 6.92 Å². The first kappa shape index (κ1) is 29.5. The van der Waals surface area contributed by atoms with Crippen molar-refractivity contribution in [1.82, 2.24) is 0 Å². The van der Waals surface area contributed by atoms with Crippen LogP contribution in [0.5, 0.6) is 0 Å². The molecule has 4 heteroatoms. The van der Waals surface area contributed by atoms with Gasteiger partial charge in [0.25, 0.3) is 0 Å². The summed E-state index contributed by atoms with van der Waals surface area (Å²) in [7, 11) is 3.35. The molecule has 3 aliphatic rings. The molecule has 0 saturated heterocycles. The van der Waals surface area contributed by atoms with Crippen molar-refractivity contribution in [3.8, 4) is 0 Å². The van der Waals surface area contributed by atoms with Crippen molar-refractivity contribution in [2.75, 3.05) is 27.4 Å². The van der Waals surface area contributed by atoms with Crippen LogP contribution in [0.15, 0.2) is 42.2 Å². The zero-order valence-electron chi connectivity index (χ0n) is 24.0. The molecule has 3 aliphatic carbocycles. The molecule has 2 fully saturated rings. The number of halogens is 2. The number of hydrogen-bond acceptors (Lipinski definition) is 2. The third-order valence-corrected chi connectivity index (χ3v) is 9.89. The average molecular weight is 529 g/mol. The van der Waals surface area contributed by atoms with Crippen LogP contribution >= 0.6 is 0 Å². The van der Waals surface area contributed by atoms with E-state index in [0.717, 1.165) is 41.7 Å². The van der Waals surface area contributed by atoms with Crippen molar-refractivity contribution < 1.29 is 18.3 Å². The van der Waals surface area contributed by atoms with Gasteiger partial charge in [0.2, 0.25) is 0 Å². The number of ether oxygens (including phenoxy) is 2. The van der Waals surface area contributed by atoms with E-state index in [9.17, 15) is 0 Å². The van der Waals surface area contributed by atoms with Crippen LogP contribution in [0.1, 0.15) is 101 Å². The summed E-state index contributed by atoms with van der Waals surface area (Å²) in [5.74, 6) is 2.05. The molecule has 0 amide bonds. The van der Waals surface area contributed by atoms with Gasteiger partial charge in [-0.2, -0.15) is 0 Å². The average Bonchev–Trinajstić information content (AvgIpc) is 2.95. The van der Waals surface area contributed by atoms with Crippen molar-refractivity contribution in [2.45, 2.75) is 96.1 Å². The lowest BCUT2D eigenvalue weighted by Crippen LogP contribution is -2.32. The number of benzene rings is 1. The maximum Gasteiger partial charge on any atom is 0.158 e. The topological polar surface area (TPSA) is 18.5 Å². The lowest BCUT2D eigenvalue weighted by atomic mass is 9.66. The van der Waals surface area contributed by atoms with Crippen molar-refractivity contribution in [3.05, 3.63) is 53.4 Å². The predicted molar refractivity (Wildman–Crippen MR) is 154 cm³/mol. The SMILES string of the molecule is CCCCCC1CCC(C2CCC(C3C=CC(c4ccc(C(COC)COC)cc4)=C(F)C3F)CC2)CC1. The number of methoxy groups -OCH3 is 2. The Morgan fingerprint density at radius 1 is 0.816 bits per heavy atom. The van der Waals surface area contributed by atoms with Gasteiger partial charge in [0.1, 0.15) is 5.83 Å². The van der Waals surface area contributed by atoms with E-state index in [1.165, 1.54) is 64.2 Å². The Kier molecular flexibility index (Phi) is 11.4. The molecule has 2 atom stereocenters. The number of hydrogen-bond donors (Lipinski definition) is 0. The first-order valence-corrected chi connectivity index (χ1v) is 15.4. The van der Waals surface area contributed by atoms with E-state index in [-0.39, 0.29) is 17.8 Å². The molecule has 0 bridgehead atoms. The quantitative estimate of drug-likeness (QED) is 0.252. The van der Waals surface area contributed by atoms with E-state index >= 15 is 8.78 Å². The standard InChI is InChI=1S/C34H50F2O2/c1-4-5-6-7-24-8-10-25(11-9-24)26-12-16-28(17-13-26)31-20-21-32(34(36)33(31)35)29-18-14-27(15-19-29)30(22-37-2)23-38-3/h14-15,18-21,24-26,28,30-31,33H,4-13,16-17,22-23H2,1-3H3. The highest BCUT2D eigenvalue weighted by Crippen LogP contribution is 2.46. The van der Waals surface area contributed by atoms with Gasteiger partial charge in [-0.1, -0.05) is 81.9 Å². The maximum absolute atomic E-state index is 15.5. The fraction of sp³-hybridized carbons (Fsp3) is 0.706. The Bertz CT molecular complexity index is 886. The lowest BCUT2D eigenvalue weighted by Gasteiger charge is -2.40. The van der Waals surface area contributed by atoms with Crippen LogP contribution in [0.4, 0.5) is 8.78 Å². The highest BCUT2D eigenvalue weighted by molar-refractivity contribution is 5.77. The Balaban J connectivity index is 1.29. The maximum atomic E-state index is 15.5. The molecule has 4 rings (SSSR count). The number of alkyl halides is 1. The highest BCUT2D eigenvalue weighted by Gasteiger charge is 2.38. The third-order valence-electron chi connectivity index (χ3n) is 9.89. The summed E-state index contributed by atoms with van der Waals surface area (Å²) < 4.78 is 41.5. The second-order valence-corrected chi connectivity index (χ2v) is 12.3. The second kappa shape index (κ2) is 14.7. The molecule has 2 nitrogen and oxygen atoms in total. The van der Waals surface area contributed by atoms with Crippen LogP contribution in [0.3, 0.4) is 0 Å². The number of rotatable bonds is 12. The lowest BCUT2D eigenvalue weighted by molar-refractivity contribution is 0.109. The van der Waals surface area contributed by atoms with Crippen molar-refractivity contribution in [2.24, 2.45) is 29.6 Å². The van der Waals surface area contributed by atoms with Gasteiger partial charge in [-0.25, -0.2) is 8.78 Å². The first-order valence-electron chi connectivity index (χ1n) is 15.4. The summed E-state index contributed by atoms with van der Waals surface area (Å²) in [6, 6.07) is 7.74. The van der Waals surface area contributed by atoms with Gasteiger partial charge in [-0.3, -0.25) is 0 Å². The Labute approximate surface area is 230 Å². The molecule has 0 heterocycles. The van der Waals surface area contributed by atoms with Gasteiger partial charge >= 0.3 is 0 Å². The van der Waals surface area contributed by atoms with Gasteiger partial charge in [0, 0.05) is 31.6 Å². The van der Waals surface area contributed by atoms with E-state index in [1.807, 2.05) is 36.4 Å². The van der Waals surface area contributed by atoms with Crippen LogP contribution in [0, 0.1) is 29.6 Å². The largest absolute Gasteiger partial charge is 0.384 e. The van der Waals surface area contributed by atoms with E-state index in [4.69, 9.17) is 9.47 Å². The molecule has 0 aromatic heterocycles. The fourth-order valence-electron chi connectivity index (χ4n) is 7.54. The minimum absolute atomic E-state index is 0.119. The summed E-state index contributed by atoms with van der Waals surface area (Å²) in [4.78, 5) is 0. The molecule has 1 aromatic rings. The summed E-state index contributed by atoms with van der Waals surface area (Å²) in [5, 5.41) is 0. The minimum atomic E-state index is -1.54. The van der Waals surface area contributed by atoms with Gasteiger partial charge in [-0.05, 0) is 73.3 Å². The molecular formula is C34H50F2O2. The predicted octanol–water partition coefficient (Wildman–Crippen LogP) is 9.46. The molecule has 2 saturated carbocycles. The monoisotopic (exact) mass is 528 g/mol. The van der Waals surface area contributed by atoms with Gasteiger partial charge in [0.05, 0.1) is 13.2 Å². The zero-order valence-corrected chi connectivity index (χ0v) is 24.0. The molecule has 0 N–H and O–H groups in total. The minimum Gasteiger partial charge on any atom is -0.384 e. The first-order chi connectivity index (χ1) is 18.5. The summed E-state index contributed by atoms with van der Waals surface area (Å²) >= 11 is 0. The number of allylic oxidation sites excluding steroid dienone is 4. The third kappa shape index (κ3) is 7.36. The Morgan fingerprint density at radius 2 is 1.39 bits per heavy atom. The van der Waals surface area contributed by atoms with E-state index < -0.39 is 12.0 Å². The van der Waals surface area contributed by atoms with Gasteiger partial charge in [0.15, 0.2) is 6.17 Å². The Hall–Kier alpha value is -1.52. The van der Waals surface area contributed by atoms with Gasteiger partial charge < -0.3 is 9.47 Å². The molecular weight excluding hydrogens is 478 g/mol. The van der Waals surface area contributed by atoms with Crippen LogP contribution in [-0.4, -0.2) is 33.6 Å². The van der Waals surface area contributed by atoms with Crippen molar-refractivity contribution in [1.29, 1.82) is 0 Å². The van der Waals surface area contributed by atoms with Crippen LogP contribution < -0.4 is 0 Å². The van der Waals surface area contributed by atoms with Crippen LogP contribution in [-0.2, 0) is 9.47 Å². The summed E-state index contributed by atoms with van der Waals surface area (Å²) in [6.45, 7) is 3.40. The van der Waals surface area contributed by atoms with E-state index in [0.29, 0.717) is 18.8 Å². The second-order valence-electron chi connectivity index (χ2n) is 12.3. The molecule has 2 unspecified atom stereocenters. The molecule has 0 aliphatic heterocycles.